The van der Waals surface area contributed by atoms with Gasteiger partial charge in [-0.2, -0.15) is 0 Å². The minimum absolute atomic E-state index is 0.0892. The van der Waals surface area contributed by atoms with E-state index >= 15 is 0 Å². The first-order valence-electron chi connectivity index (χ1n) is 6.98. The van der Waals surface area contributed by atoms with Crippen LogP contribution in [0.15, 0.2) is 28.5 Å². The van der Waals surface area contributed by atoms with E-state index in [9.17, 15) is 4.79 Å². The van der Waals surface area contributed by atoms with Crippen LogP contribution in [0.1, 0.15) is 27.1 Å². The van der Waals surface area contributed by atoms with Crippen molar-refractivity contribution in [1.82, 2.24) is 5.32 Å². The number of carbonyl (C=O) groups excluding carboxylic acids is 1. The van der Waals surface area contributed by atoms with Crippen LogP contribution in [0.5, 0.6) is 0 Å². The third-order valence-corrected chi connectivity index (χ3v) is 5.87. The molecule has 1 N–H and O–H groups in total. The Hall–Kier alpha value is -1.26. The molecule has 2 aromatic rings. The molecule has 0 fully saturated rings. The van der Waals surface area contributed by atoms with Gasteiger partial charge in [0.05, 0.1) is 12.3 Å². The summed E-state index contributed by atoms with van der Waals surface area (Å²) in [6, 6.07) is 6.25. The number of carbonyl (C=O) groups is 1. The van der Waals surface area contributed by atoms with Crippen molar-refractivity contribution >= 4 is 29.0 Å². The van der Waals surface area contributed by atoms with Gasteiger partial charge in [0.2, 0.25) is 5.91 Å². The maximum atomic E-state index is 12.0. The topological polar surface area (TPSA) is 29.1 Å². The van der Waals surface area contributed by atoms with Crippen LogP contribution in [0.3, 0.4) is 0 Å². The molecular formula is C17H21NOS2. The molecule has 0 saturated heterocycles. The van der Waals surface area contributed by atoms with E-state index in [-0.39, 0.29) is 5.91 Å². The molecule has 4 heteroatoms. The van der Waals surface area contributed by atoms with Gasteiger partial charge in [-0.3, -0.25) is 4.79 Å². The van der Waals surface area contributed by atoms with Crippen molar-refractivity contribution in [2.24, 2.45) is 0 Å². The lowest BCUT2D eigenvalue weighted by Gasteiger charge is -2.14. The van der Waals surface area contributed by atoms with Crippen molar-refractivity contribution in [2.75, 3.05) is 5.75 Å². The number of rotatable bonds is 5. The Kier molecular flexibility index (Phi) is 5.48. The summed E-state index contributed by atoms with van der Waals surface area (Å²) in [7, 11) is 0. The lowest BCUT2D eigenvalue weighted by molar-refractivity contribution is -0.118. The van der Waals surface area contributed by atoms with Crippen molar-refractivity contribution in [3.63, 3.8) is 0 Å². The molecule has 0 spiro atoms. The first kappa shape index (κ1) is 16.1. The largest absolute Gasteiger partial charge is 0.350 e. The van der Waals surface area contributed by atoms with Crippen LogP contribution in [0.25, 0.3) is 0 Å². The second kappa shape index (κ2) is 7.14. The van der Waals surface area contributed by atoms with Crippen molar-refractivity contribution < 1.29 is 4.79 Å². The van der Waals surface area contributed by atoms with E-state index in [1.54, 1.807) is 23.1 Å². The molecule has 21 heavy (non-hydrogen) atoms. The van der Waals surface area contributed by atoms with E-state index in [1.807, 2.05) is 17.5 Å². The fourth-order valence-electron chi connectivity index (χ4n) is 2.18. The normalized spacial score (nSPS) is 10.7. The highest BCUT2D eigenvalue weighted by Gasteiger charge is 2.11. The molecule has 0 aliphatic rings. The smallest absolute Gasteiger partial charge is 0.230 e. The summed E-state index contributed by atoms with van der Waals surface area (Å²) in [6.07, 6.45) is 0. The van der Waals surface area contributed by atoms with Gasteiger partial charge in [0, 0.05) is 9.77 Å². The molecule has 1 amide bonds. The SMILES string of the molecule is Cc1cc(C)c(C)c(SCC(=O)NCc2cccs2)c1C. The van der Waals surface area contributed by atoms with Crippen molar-refractivity contribution in [1.29, 1.82) is 0 Å². The highest BCUT2D eigenvalue weighted by atomic mass is 32.2. The number of aryl methyl sites for hydroxylation is 2. The van der Waals surface area contributed by atoms with E-state index in [1.165, 1.54) is 32.0 Å². The summed E-state index contributed by atoms with van der Waals surface area (Å²) in [5.74, 6) is 0.557. The van der Waals surface area contributed by atoms with E-state index in [0.717, 1.165) is 0 Å². The monoisotopic (exact) mass is 319 g/mol. The highest BCUT2D eigenvalue weighted by molar-refractivity contribution is 8.00. The van der Waals surface area contributed by atoms with Crippen LogP contribution in [0.4, 0.5) is 0 Å². The Morgan fingerprint density at radius 3 is 2.43 bits per heavy atom. The summed E-state index contributed by atoms with van der Waals surface area (Å²) < 4.78 is 0. The molecule has 0 unspecified atom stereocenters. The molecule has 0 bridgehead atoms. The zero-order valence-electron chi connectivity index (χ0n) is 12.9. The molecule has 0 saturated carbocycles. The minimum atomic E-state index is 0.0892. The molecule has 0 aliphatic carbocycles. The summed E-state index contributed by atoms with van der Waals surface area (Å²) in [4.78, 5) is 14.4. The summed E-state index contributed by atoms with van der Waals surface area (Å²) in [5, 5.41) is 5.00. The van der Waals surface area contributed by atoms with Gasteiger partial charge in [0.1, 0.15) is 0 Å². The third-order valence-electron chi connectivity index (χ3n) is 3.68. The average molecular weight is 319 g/mol. The third kappa shape index (κ3) is 4.11. The van der Waals surface area contributed by atoms with Gasteiger partial charge < -0.3 is 5.32 Å². The lowest BCUT2D eigenvalue weighted by Crippen LogP contribution is -2.24. The zero-order valence-corrected chi connectivity index (χ0v) is 14.6. The quantitative estimate of drug-likeness (QED) is 0.828. The van der Waals surface area contributed by atoms with Gasteiger partial charge in [-0.05, 0) is 61.4 Å². The Labute approximate surface area is 135 Å². The maximum absolute atomic E-state index is 12.0. The van der Waals surface area contributed by atoms with Gasteiger partial charge in [-0.15, -0.1) is 23.1 Å². The number of amides is 1. The number of thioether (sulfide) groups is 1. The van der Waals surface area contributed by atoms with E-state index in [2.05, 4.69) is 39.1 Å². The van der Waals surface area contributed by atoms with Crippen LogP contribution in [0.2, 0.25) is 0 Å². The van der Waals surface area contributed by atoms with Gasteiger partial charge in [0.15, 0.2) is 0 Å². The van der Waals surface area contributed by atoms with Crippen LogP contribution in [-0.4, -0.2) is 11.7 Å². The lowest BCUT2D eigenvalue weighted by atomic mass is 10.0. The van der Waals surface area contributed by atoms with Crippen LogP contribution in [0, 0.1) is 27.7 Å². The number of thiophene rings is 1. The summed E-state index contributed by atoms with van der Waals surface area (Å²) in [5.41, 5.74) is 5.16. The number of benzene rings is 1. The molecular weight excluding hydrogens is 298 g/mol. The van der Waals surface area contributed by atoms with Gasteiger partial charge in [0.25, 0.3) is 0 Å². The summed E-state index contributed by atoms with van der Waals surface area (Å²) >= 11 is 3.31. The second-order valence-electron chi connectivity index (χ2n) is 5.23. The van der Waals surface area contributed by atoms with E-state index in [4.69, 9.17) is 0 Å². The average Bonchev–Trinajstić information content (AvgIpc) is 2.96. The van der Waals surface area contributed by atoms with Gasteiger partial charge in [-0.25, -0.2) is 0 Å². The molecule has 0 radical (unpaired) electrons. The molecule has 112 valence electrons. The maximum Gasteiger partial charge on any atom is 0.230 e. The Balaban J connectivity index is 1.95. The Morgan fingerprint density at radius 1 is 1.19 bits per heavy atom. The molecule has 0 aliphatic heterocycles. The first-order valence-corrected chi connectivity index (χ1v) is 8.85. The first-order chi connectivity index (χ1) is 9.99. The molecule has 1 aromatic heterocycles. The Morgan fingerprint density at radius 2 is 1.86 bits per heavy atom. The van der Waals surface area contributed by atoms with E-state index in [0.29, 0.717) is 12.3 Å². The second-order valence-corrected chi connectivity index (χ2v) is 7.25. The van der Waals surface area contributed by atoms with Crippen LogP contribution < -0.4 is 5.32 Å². The fraction of sp³-hybridized carbons (Fsp3) is 0.353. The number of nitrogens with one attached hydrogen (secondary N) is 1. The van der Waals surface area contributed by atoms with Crippen molar-refractivity contribution in [2.45, 2.75) is 39.1 Å². The van der Waals surface area contributed by atoms with Crippen molar-refractivity contribution in [3.05, 3.63) is 50.7 Å². The number of hydrogen-bond donors (Lipinski definition) is 1. The molecule has 0 atom stereocenters. The molecule has 2 rings (SSSR count). The van der Waals surface area contributed by atoms with Crippen LogP contribution >= 0.6 is 23.1 Å². The van der Waals surface area contributed by atoms with E-state index < -0.39 is 0 Å². The minimum Gasteiger partial charge on any atom is -0.350 e. The zero-order chi connectivity index (χ0) is 15.4. The summed E-state index contributed by atoms with van der Waals surface area (Å²) in [6.45, 7) is 9.15. The molecule has 2 nitrogen and oxygen atoms in total. The van der Waals surface area contributed by atoms with Gasteiger partial charge in [-0.1, -0.05) is 12.1 Å². The fourth-order valence-corrected chi connectivity index (χ4v) is 3.96. The number of hydrogen-bond acceptors (Lipinski definition) is 3. The highest BCUT2D eigenvalue weighted by Crippen LogP contribution is 2.30. The standard InChI is InChI=1S/C17H21NOS2/c1-11-8-12(2)14(4)17(13(11)3)21-10-16(19)18-9-15-6-5-7-20-15/h5-8H,9-10H2,1-4H3,(H,18,19). The van der Waals surface area contributed by atoms with Gasteiger partial charge >= 0.3 is 0 Å². The predicted octanol–water partition coefficient (Wildman–Crippen LogP) is 4.39. The Bertz CT molecular complexity index is 606. The molecule has 1 aromatic carbocycles. The predicted molar refractivity (Wildman–Crippen MR) is 92.3 cm³/mol. The van der Waals surface area contributed by atoms with Crippen molar-refractivity contribution in [3.8, 4) is 0 Å². The molecule has 1 heterocycles. The van der Waals surface area contributed by atoms with Crippen LogP contribution in [-0.2, 0) is 11.3 Å².